The summed E-state index contributed by atoms with van der Waals surface area (Å²) in [6.45, 7) is 0.208. The molecule has 2 rings (SSSR count). The van der Waals surface area contributed by atoms with E-state index in [9.17, 15) is 22.8 Å². The smallest absolute Gasteiger partial charge is 0.406 e. The molecule has 2 aromatic rings. The molecular weight excluding hydrogens is 361 g/mol. The molecule has 0 radical (unpaired) electrons. The van der Waals surface area contributed by atoms with Crippen molar-refractivity contribution in [2.75, 3.05) is 18.4 Å². The summed E-state index contributed by atoms with van der Waals surface area (Å²) in [5, 5.41) is 5.38. The maximum absolute atomic E-state index is 12.2. The number of amides is 2. The van der Waals surface area contributed by atoms with Gasteiger partial charge in [0.25, 0.3) is 0 Å². The van der Waals surface area contributed by atoms with Gasteiger partial charge in [-0.3, -0.25) is 9.59 Å². The van der Waals surface area contributed by atoms with Gasteiger partial charge in [0.1, 0.15) is 5.75 Å². The average Bonchev–Trinajstić information content (AvgIpc) is 2.91. The molecule has 0 aliphatic rings. The van der Waals surface area contributed by atoms with Gasteiger partial charge < -0.3 is 21.1 Å². The number of nitrogens with two attached hydrogens (primary N) is 1. The zero-order valence-corrected chi connectivity index (χ0v) is 13.7. The summed E-state index contributed by atoms with van der Waals surface area (Å²) in [4.78, 5) is 26.9. The Balaban J connectivity index is 1.90. The molecule has 0 bridgehead atoms. The fourth-order valence-corrected chi connectivity index (χ4v) is 2.80. The number of rotatable bonds is 7. The maximum atomic E-state index is 12.2. The van der Waals surface area contributed by atoms with E-state index in [1.165, 1.54) is 12.1 Å². The van der Waals surface area contributed by atoms with E-state index in [0.717, 1.165) is 17.4 Å². The number of fused-ring (bicyclic) bond motifs is 1. The van der Waals surface area contributed by atoms with Gasteiger partial charge in [-0.2, -0.15) is 0 Å². The number of hydrogen-bond donors (Lipinski definition) is 3. The number of benzene rings is 1. The van der Waals surface area contributed by atoms with Crippen molar-refractivity contribution < 1.29 is 27.5 Å². The maximum Gasteiger partial charge on any atom is 0.573 e. The summed E-state index contributed by atoms with van der Waals surface area (Å²) in [6, 6.07) is 3.74. The highest BCUT2D eigenvalue weighted by atomic mass is 32.1. The Hall–Kier alpha value is -2.40. The lowest BCUT2D eigenvalue weighted by atomic mass is 10.3. The normalized spacial score (nSPS) is 11.4. The highest BCUT2D eigenvalue weighted by Crippen LogP contribution is 2.31. The Kier molecular flexibility index (Phi) is 6.15. The number of ether oxygens (including phenoxy) is 1. The molecule has 11 heteroatoms. The standard InChI is InChI=1S/C14H15F3N4O3S/c15-14(16,17)24-8-3-4-9-10(6-8)25-13(20-9)21-11(22)2-1-5-19-12(23)7-18/h3-4,6H,1-2,5,7,18H2,(H,19,23)(H,20,21,22). The predicted molar refractivity (Wildman–Crippen MR) is 86.2 cm³/mol. The van der Waals surface area contributed by atoms with Crippen LogP contribution in [0, 0.1) is 0 Å². The van der Waals surface area contributed by atoms with Crippen molar-refractivity contribution in [3.8, 4) is 5.75 Å². The predicted octanol–water partition coefficient (Wildman–Crippen LogP) is 1.99. The molecule has 0 aliphatic heterocycles. The van der Waals surface area contributed by atoms with Crippen molar-refractivity contribution in [1.82, 2.24) is 10.3 Å². The molecule has 0 atom stereocenters. The van der Waals surface area contributed by atoms with Crippen LogP contribution in [-0.2, 0) is 9.59 Å². The number of aromatic nitrogens is 1. The first kappa shape index (κ1) is 18.9. The molecule has 1 heterocycles. The summed E-state index contributed by atoms with van der Waals surface area (Å²) in [6.07, 6.45) is -4.19. The molecule has 7 nitrogen and oxygen atoms in total. The van der Waals surface area contributed by atoms with Crippen LogP contribution in [0.3, 0.4) is 0 Å². The first-order chi connectivity index (χ1) is 11.8. The monoisotopic (exact) mass is 376 g/mol. The van der Waals surface area contributed by atoms with Gasteiger partial charge in [-0.25, -0.2) is 4.98 Å². The van der Waals surface area contributed by atoms with E-state index in [-0.39, 0.29) is 35.7 Å². The van der Waals surface area contributed by atoms with Gasteiger partial charge in [0.05, 0.1) is 16.8 Å². The van der Waals surface area contributed by atoms with E-state index in [2.05, 4.69) is 20.4 Å². The molecule has 0 saturated heterocycles. The highest BCUT2D eigenvalue weighted by Gasteiger charge is 2.31. The number of thiazole rings is 1. The Morgan fingerprint density at radius 3 is 2.72 bits per heavy atom. The van der Waals surface area contributed by atoms with Gasteiger partial charge >= 0.3 is 6.36 Å². The summed E-state index contributed by atoms with van der Waals surface area (Å²) < 4.78 is 40.9. The summed E-state index contributed by atoms with van der Waals surface area (Å²) in [5.74, 6) is -0.964. The van der Waals surface area contributed by atoms with Gasteiger partial charge in [-0.15, -0.1) is 13.2 Å². The number of carbonyl (C=O) groups is 2. The van der Waals surface area contributed by atoms with Crippen molar-refractivity contribution in [2.45, 2.75) is 19.2 Å². The molecule has 25 heavy (non-hydrogen) atoms. The highest BCUT2D eigenvalue weighted by molar-refractivity contribution is 7.22. The number of hydrogen-bond acceptors (Lipinski definition) is 6. The largest absolute Gasteiger partial charge is 0.573 e. The molecule has 1 aromatic heterocycles. The fraction of sp³-hybridized carbons (Fsp3) is 0.357. The lowest BCUT2D eigenvalue weighted by Crippen LogP contribution is -2.31. The molecule has 0 spiro atoms. The number of nitrogens with zero attached hydrogens (tertiary/aromatic N) is 1. The average molecular weight is 376 g/mol. The van der Waals surface area contributed by atoms with Gasteiger partial charge in [0, 0.05) is 19.0 Å². The van der Waals surface area contributed by atoms with Crippen LogP contribution in [0.5, 0.6) is 5.75 Å². The minimum atomic E-state index is -4.77. The van der Waals surface area contributed by atoms with E-state index < -0.39 is 6.36 Å². The summed E-state index contributed by atoms with van der Waals surface area (Å²) >= 11 is 1.04. The topological polar surface area (TPSA) is 106 Å². The van der Waals surface area contributed by atoms with E-state index in [4.69, 9.17) is 5.73 Å². The molecule has 0 saturated carbocycles. The Bertz CT molecular complexity index is 763. The van der Waals surface area contributed by atoms with Crippen LogP contribution in [0.1, 0.15) is 12.8 Å². The van der Waals surface area contributed by atoms with Crippen LogP contribution in [0.4, 0.5) is 18.3 Å². The number of nitrogens with one attached hydrogen (secondary N) is 2. The second kappa shape index (κ2) is 8.12. The molecule has 0 unspecified atom stereocenters. The molecule has 0 aliphatic carbocycles. The number of anilines is 1. The van der Waals surface area contributed by atoms with Crippen molar-refractivity contribution in [3.63, 3.8) is 0 Å². The van der Waals surface area contributed by atoms with Crippen LogP contribution in [0.2, 0.25) is 0 Å². The molecule has 2 amide bonds. The zero-order chi connectivity index (χ0) is 18.4. The Morgan fingerprint density at radius 1 is 1.28 bits per heavy atom. The third-order valence-electron chi connectivity index (χ3n) is 2.93. The van der Waals surface area contributed by atoms with Gasteiger partial charge in [-0.05, 0) is 18.6 Å². The Labute approximate surface area is 144 Å². The van der Waals surface area contributed by atoms with Crippen molar-refractivity contribution >= 4 is 38.5 Å². The SMILES string of the molecule is NCC(=O)NCCCC(=O)Nc1nc2ccc(OC(F)(F)F)cc2s1. The summed E-state index contributed by atoms with van der Waals surface area (Å²) in [7, 11) is 0. The fourth-order valence-electron chi connectivity index (χ4n) is 1.89. The molecule has 0 fully saturated rings. The lowest BCUT2D eigenvalue weighted by Gasteiger charge is -2.07. The molecule has 1 aromatic carbocycles. The van der Waals surface area contributed by atoms with Crippen LogP contribution in [-0.4, -0.2) is 36.3 Å². The first-order valence-electron chi connectivity index (χ1n) is 7.20. The number of alkyl halides is 3. The molecule has 136 valence electrons. The van der Waals surface area contributed by atoms with E-state index >= 15 is 0 Å². The zero-order valence-electron chi connectivity index (χ0n) is 12.9. The van der Waals surface area contributed by atoms with Crippen LogP contribution in [0.25, 0.3) is 10.2 Å². The van der Waals surface area contributed by atoms with E-state index in [1.807, 2.05) is 0 Å². The van der Waals surface area contributed by atoms with Crippen molar-refractivity contribution in [1.29, 1.82) is 0 Å². The van der Waals surface area contributed by atoms with Crippen LogP contribution in [0.15, 0.2) is 18.2 Å². The van der Waals surface area contributed by atoms with Gasteiger partial charge in [0.15, 0.2) is 5.13 Å². The van der Waals surface area contributed by atoms with Crippen LogP contribution < -0.4 is 21.1 Å². The minimum Gasteiger partial charge on any atom is -0.406 e. The minimum absolute atomic E-state index is 0.113. The van der Waals surface area contributed by atoms with Gasteiger partial charge in [-0.1, -0.05) is 11.3 Å². The van der Waals surface area contributed by atoms with Crippen LogP contribution >= 0.6 is 11.3 Å². The van der Waals surface area contributed by atoms with Gasteiger partial charge in [0.2, 0.25) is 11.8 Å². The van der Waals surface area contributed by atoms with Crippen molar-refractivity contribution in [2.24, 2.45) is 5.73 Å². The van der Waals surface area contributed by atoms with E-state index in [0.29, 0.717) is 23.2 Å². The third-order valence-corrected chi connectivity index (χ3v) is 3.86. The molecule has 4 N–H and O–H groups in total. The second-order valence-electron chi connectivity index (χ2n) is 4.90. The molecular formula is C14H15F3N4O3S. The third kappa shape index (κ3) is 6.19. The van der Waals surface area contributed by atoms with E-state index in [1.54, 1.807) is 0 Å². The number of carbonyl (C=O) groups excluding carboxylic acids is 2. The Morgan fingerprint density at radius 2 is 2.04 bits per heavy atom. The first-order valence-corrected chi connectivity index (χ1v) is 8.01. The number of halogens is 3. The second-order valence-corrected chi connectivity index (χ2v) is 5.93. The quantitative estimate of drug-likeness (QED) is 0.641. The lowest BCUT2D eigenvalue weighted by molar-refractivity contribution is -0.274. The summed E-state index contributed by atoms with van der Waals surface area (Å²) in [5.41, 5.74) is 5.58. The van der Waals surface area contributed by atoms with Crippen molar-refractivity contribution in [3.05, 3.63) is 18.2 Å².